The van der Waals surface area contributed by atoms with Crippen LogP contribution < -0.4 is 5.56 Å². The Balaban J connectivity index is 3.42. The van der Waals surface area contributed by atoms with Gasteiger partial charge in [-0.25, -0.2) is 4.68 Å². The number of carbonyl (C=O) groups is 1. The molecule has 64 valence electrons. The highest BCUT2D eigenvalue weighted by Gasteiger charge is 2.02. The summed E-state index contributed by atoms with van der Waals surface area (Å²) >= 11 is 0. The highest BCUT2D eigenvalue weighted by Crippen LogP contribution is 1.91. The van der Waals surface area contributed by atoms with Crippen LogP contribution >= 0.6 is 0 Å². The summed E-state index contributed by atoms with van der Waals surface area (Å²) in [4.78, 5) is 21.7. The summed E-state index contributed by atoms with van der Waals surface area (Å²) in [7, 11) is 0. The molecule has 0 aromatic carbocycles. The lowest BCUT2D eigenvalue weighted by molar-refractivity contribution is 0.112. The van der Waals surface area contributed by atoms with Crippen LogP contribution in [-0.4, -0.2) is 16.1 Å². The molecular formula is C8H10N2O2. The van der Waals surface area contributed by atoms with E-state index in [1.807, 2.05) is 6.92 Å². The maximum absolute atomic E-state index is 11.3. The van der Waals surface area contributed by atoms with E-state index in [2.05, 4.69) is 5.10 Å². The van der Waals surface area contributed by atoms with Crippen LogP contribution in [0.15, 0.2) is 10.9 Å². The Morgan fingerprint density at radius 1 is 1.67 bits per heavy atom. The first-order valence-corrected chi connectivity index (χ1v) is 3.73. The molecule has 0 aliphatic rings. The molecule has 4 heteroatoms. The van der Waals surface area contributed by atoms with E-state index in [1.165, 1.54) is 10.7 Å². The van der Waals surface area contributed by atoms with E-state index in [-0.39, 0.29) is 11.1 Å². The average Bonchev–Trinajstić information content (AvgIpc) is 2.08. The first-order valence-electron chi connectivity index (χ1n) is 3.73. The number of rotatable bonds is 2. The number of hydrogen-bond donors (Lipinski definition) is 0. The fourth-order valence-corrected chi connectivity index (χ4v) is 0.999. The van der Waals surface area contributed by atoms with Crippen molar-refractivity contribution >= 4 is 6.29 Å². The van der Waals surface area contributed by atoms with Crippen molar-refractivity contribution in [1.29, 1.82) is 0 Å². The molecule has 0 spiro atoms. The third kappa shape index (κ3) is 1.42. The zero-order chi connectivity index (χ0) is 9.14. The molecule has 4 nitrogen and oxygen atoms in total. The van der Waals surface area contributed by atoms with Crippen molar-refractivity contribution < 1.29 is 4.79 Å². The molecule has 0 atom stereocenters. The molecule has 0 amide bonds. The van der Waals surface area contributed by atoms with Crippen LogP contribution in [0.5, 0.6) is 0 Å². The summed E-state index contributed by atoms with van der Waals surface area (Å²) < 4.78 is 1.28. The normalized spacial score (nSPS) is 9.83. The van der Waals surface area contributed by atoms with Crippen LogP contribution in [0.1, 0.15) is 23.0 Å². The van der Waals surface area contributed by atoms with Gasteiger partial charge in [0, 0.05) is 6.54 Å². The molecule has 0 aliphatic heterocycles. The van der Waals surface area contributed by atoms with Gasteiger partial charge in [0.05, 0.1) is 11.3 Å². The van der Waals surface area contributed by atoms with Gasteiger partial charge in [-0.2, -0.15) is 5.10 Å². The fourth-order valence-electron chi connectivity index (χ4n) is 0.999. The van der Waals surface area contributed by atoms with E-state index in [0.29, 0.717) is 18.5 Å². The van der Waals surface area contributed by atoms with Gasteiger partial charge in [-0.3, -0.25) is 9.59 Å². The number of aldehydes is 1. The molecular weight excluding hydrogens is 156 g/mol. The quantitative estimate of drug-likeness (QED) is 0.597. The summed E-state index contributed by atoms with van der Waals surface area (Å²) in [6, 6.07) is 1.49. The summed E-state index contributed by atoms with van der Waals surface area (Å²) in [5.74, 6) is 0. The number of nitrogens with zero attached hydrogens (tertiary/aromatic N) is 2. The minimum Gasteiger partial charge on any atom is -0.298 e. The lowest BCUT2D eigenvalue weighted by Gasteiger charge is -2.01. The molecule has 0 unspecified atom stereocenters. The molecule has 1 rings (SSSR count). The lowest BCUT2D eigenvalue weighted by Crippen LogP contribution is -2.25. The molecule has 1 aromatic heterocycles. The molecule has 0 fully saturated rings. The van der Waals surface area contributed by atoms with E-state index in [4.69, 9.17) is 0 Å². The van der Waals surface area contributed by atoms with Crippen LogP contribution in [0, 0.1) is 6.92 Å². The van der Waals surface area contributed by atoms with Crippen LogP contribution in [0.4, 0.5) is 0 Å². The van der Waals surface area contributed by atoms with E-state index in [0.717, 1.165) is 0 Å². The molecule has 0 radical (unpaired) electrons. The minimum atomic E-state index is -0.321. The van der Waals surface area contributed by atoms with Crippen LogP contribution in [-0.2, 0) is 6.54 Å². The standard InChI is InChI=1S/C8H10N2O2/c1-3-10-8(12)7(5-11)4-6(2)9-10/h4-5H,3H2,1-2H3. The minimum absolute atomic E-state index is 0.171. The van der Waals surface area contributed by atoms with Gasteiger partial charge in [0.15, 0.2) is 6.29 Å². The lowest BCUT2D eigenvalue weighted by atomic mass is 10.3. The van der Waals surface area contributed by atoms with E-state index < -0.39 is 0 Å². The molecule has 0 N–H and O–H groups in total. The first kappa shape index (κ1) is 8.64. The van der Waals surface area contributed by atoms with Gasteiger partial charge in [-0.05, 0) is 19.9 Å². The van der Waals surface area contributed by atoms with Gasteiger partial charge in [0.2, 0.25) is 0 Å². The number of aryl methyl sites for hydroxylation is 2. The summed E-state index contributed by atoms with van der Waals surface area (Å²) in [6.45, 7) is 4.04. The summed E-state index contributed by atoms with van der Waals surface area (Å²) in [5.41, 5.74) is 0.529. The molecule has 1 aromatic rings. The predicted molar refractivity (Wildman–Crippen MR) is 44.3 cm³/mol. The molecule has 1 heterocycles. The number of carbonyl (C=O) groups excluding carboxylic acids is 1. The zero-order valence-electron chi connectivity index (χ0n) is 7.07. The highest BCUT2D eigenvalue weighted by molar-refractivity contribution is 5.73. The maximum atomic E-state index is 11.3. The van der Waals surface area contributed by atoms with Crippen molar-refractivity contribution in [2.45, 2.75) is 20.4 Å². The molecule has 0 saturated carbocycles. The number of hydrogen-bond acceptors (Lipinski definition) is 3. The zero-order valence-corrected chi connectivity index (χ0v) is 7.07. The van der Waals surface area contributed by atoms with Crippen molar-refractivity contribution in [3.63, 3.8) is 0 Å². The van der Waals surface area contributed by atoms with E-state index >= 15 is 0 Å². The van der Waals surface area contributed by atoms with Crippen molar-refractivity contribution in [3.05, 3.63) is 27.7 Å². The van der Waals surface area contributed by atoms with Gasteiger partial charge >= 0.3 is 0 Å². The Morgan fingerprint density at radius 2 is 2.33 bits per heavy atom. The fraction of sp³-hybridized carbons (Fsp3) is 0.375. The molecule has 0 bridgehead atoms. The summed E-state index contributed by atoms with van der Waals surface area (Å²) in [5, 5.41) is 3.95. The van der Waals surface area contributed by atoms with Crippen molar-refractivity contribution in [2.75, 3.05) is 0 Å². The smallest absolute Gasteiger partial charge is 0.277 e. The Hall–Kier alpha value is -1.45. The number of aromatic nitrogens is 2. The van der Waals surface area contributed by atoms with Crippen LogP contribution in [0.2, 0.25) is 0 Å². The van der Waals surface area contributed by atoms with Crippen molar-refractivity contribution in [3.8, 4) is 0 Å². The topological polar surface area (TPSA) is 52.0 Å². The Morgan fingerprint density at radius 3 is 2.83 bits per heavy atom. The first-order chi connectivity index (χ1) is 5.69. The Labute approximate surface area is 69.8 Å². The Kier molecular flexibility index (Phi) is 2.38. The van der Waals surface area contributed by atoms with E-state index in [1.54, 1.807) is 6.92 Å². The van der Waals surface area contributed by atoms with Crippen molar-refractivity contribution in [2.24, 2.45) is 0 Å². The second-order valence-corrected chi connectivity index (χ2v) is 2.48. The van der Waals surface area contributed by atoms with E-state index in [9.17, 15) is 9.59 Å². The maximum Gasteiger partial charge on any atom is 0.277 e. The monoisotopic (exact) mass is 166 g/mol. The van der Waals surface area contributed by atoms with Gasteiger partial charge < -0.3 is 0 Å². The molecule has 0 aliphatic carbocycles. The Bertz CT molecular complexity index is 355. The van der Waals surface area contributed by atoms with Gasteiger partial charge in [-0.1, -0.05) is 0 Å². The predicted octanol–water partition coefficient (Wildman–Crippen LogP) is 0.384. The van der Waals surface area contributed by atoms with Gasteiger partial charge in [-0.15, -0.1) is 0 Å². The van der Waals surface area contributed by atoms with Crippen LogP contribution in [0.25, 0.3) is 0 Å². The highest BCUT2D eigenvalue weighted by atomic mass is 16.1. The molecule has 0 saturated heterocycles. The SMILES string of the molecule is CCn1nc(C)cc(C=O)c1=O. The third-order valence-corrected chi connectivity index (χ3v) is 1.55. The van der Waals surface area contributed by atoms with Crippen LogP contribution in [0.3, 0.4) is 0 Å². The average molecular weight is 166 g/mol. The second-order valence-electron chi connectivity index (χ2n) is 2.48. The third-order valence-electron chi connectivity index (χ3n) is 1.55. The van der Waals surface area contributed by atoms with Gasteiger partial charge in [0.25, 0.3) is 5.56 Å². The van der Waals surface area contributed by atoms with Crippen molar-refractivity contribution in [1.82, 2.24) is 9.78 Å². The second kappa shape index (κ2) is 3.30. The largest absolute Gasteiger partial charge is 0.298 e. The summed E-state index contributed by atoms with van der Waals surface area (Å²) in [6.07, 6.45) is 0.559. The van der Waals surface area contributed by atoms with Gasteiger partial charge in [0.1, 0.15) is 0 Å². The molecule has 12 heavy (non-hydrogen) atoms.